The first-order valence-corrected chi connectivity index (χ1v) is 10.4. The summed E-state index contributed by atoms with van der Waals surface area (Å²) < 4.78 is 5.77. The smallest absolute Gasteiger partial charge is 0.298 e. The van der Waals surface area contributed by atoms with Crippen LogP contribution in [0.4, 0.5) is 10.5 Å². The van der Waals surface area contributed by atoms with Gasteiger partial charge in [0.25, 0.3) is 11.1 Å². The van der Waals surface area contributed by atoms with Crippen LogP contribution in [0, 0.1) is 0 Å². The summed E-state index contributed by atoms with van der Waals surface area (Å²) in [5, 5.41) is 0.922. The molecule has 29 heavy (non-hydrogen) atoms. The number of halogens is 4. The Morgan fingerprint density at radius 2 is 1.69 bits per heavy atom. The molecular formula is C20H9Cl4NO3S. The topological polar surface area (TPSA) is 50.5 Å². The third-order valence-corrected chi connectivity index (χ3v) is 6.50. The van der Waals surface area contributed by atoms with Crippen LogP contribution in [-0.2, 0) is 4.79 Å². The van der Waals surface area contributed by atoms with Gasteiger partial charge in [-0.25, -0.2) is 4.90 Å². The molecule has 2 amide bonds. The van der Waals surface area contributed by atoms with E-state index in [1.54, 1.807) is 36.4 Å². The summed E-state index contributed by atoms with van der Waals surface area (Å²) in [4.78, 5) is 26.4. The van der Waals surface area contributed by atoms with Crippen molar-refractivity contribution < 1.29 is 14.0 Å². The van der Waals surface area contributed by atoms with Gasteiger partial charge < -0.3 is 4.42 Å². The number of anilines is 1. The number of hydrogen-bond acceptors (Lipinski definition) is 4. The Labute approximate surface area is 190 Å². The van der Waals surface area contributed by atoms with Crippen LogP contribution < -0.4 is 4.90 Å². The average Bonchev–Trinajstić information content (AvgIpc) is 3.25. The summed E-state index contributed by atoms with van der Waals surface area (Å²) in [6.07, 6.45) is 1.50. The molecule has 1 aliphatic heterocycles. The third kappa shape index (κ3) is 3.93. The minimum absolute atomic E-state index is 0.221. The first kappa shape index (κ1) is 20.4. The van der Waals surface area contributed by atoms with Crippen molar-refractivity contribution in [2.75, 3.05) is 4.90 Å². The fraction of sp³-hybridized carbons (Fsp3) is 0. The monoisotopic (exact) mass is 483 g/mol. The van der Waals surface area contributed by atoms with E-state index in [0.29, 0.717) is 37.8 Å². The number of thioether (sulfide) groups is 1. The molecule has 146 valence electrons. The zero-order valence-electron chi connectivity index (χ0n) is 14.3. The summed E-state index contributed by atoms with van der Waals surface area (Å²) >= 11 is 25.0. The molecule has 1 aliphatic rings. The van der Waals surface area contributed by atoms with Gasteiger partial charge in [-0.05, 0) is 54.2 Å². The van der Waals surface area contributed by atoms with Gasteiger partial charge in [0.2, 0.25) is 0 Å². The van der Waals surface area contributed by atoms with E-state index in [9.17, 15) is 9.59 Å². The predicted molar refractivity (Wildman–Crippen MR) is 119 cm³/mol. The van der Waals surface area contributed by atoms with Gasteiger partial charge in [0.1, 0.15) is 11.5 Å². The lowest BCUT2D eigenvalue weighted by Crippen LogP contribution is -2.27. The van der Waals surface area contributed by atoms with Crippen LogP contribution in [0.15, 0.2) is 57.9 Å². The first-order chi connectivity index (χ1) is 13.8. The summed E-state index contributed by atoms with van der Waals surface area (Å²) in [7, 11) is 0. The number of nitrogens with zero attached hydrogens (tertiary/aromatic N) is 1. The molecule has 1 saturated heterocycles. The summed E-state index contributed by atoms with van der Waals surface area (Å²) in [6.45, 7) is 0. The molecule has 0 N–H and O–H groups in total. The minimum Gasteiger partial charge on any atom is -0.457 e. The molecular weight excluding hydrogens is 476 g/mol. The van der Waals surface area contributed by atoms with Crippen molar-refractivity contribution in [2.45, 2.75) is 0 Å². The van der Waals surface area contributed by atoms with Crippen LogP contribution in [0.5, 0.6) is 0 Å². The van der Waals surface area contributed by atoms with Gasteiger partial charge >= 0.3 is 0 Å². The molecule has 0 bridgehead atoms. The Kier molecular flexibility index (Phi) is 5.69. The highest BCUT2D eigenvalue weighted by Crippen LogP contribution is 2.39. The Hall–Kier alpha value is -1.89. The van der Waals surface area contributed by atoms with Gasteiger partial charge in [-0.3, -0.25) is 9.59 Å². The van der Waals surface area contributed by atoms with E-state index in [1.807, 2.05) is 0 Å². The largest absolute Gasteiger partial charge is 0.457 e. The van der Waals surface area contributed by atoms with Crippen molar-refractivity contribution in [3.8, 4) is 11.3 Å². The second-order valence-electron chi connectivity index (χ2n) is 5.92. The molecule has 9 heteroatoms. The lowest BCUT2D eigenvalue weighted by molar-refractivity contribution is -0.113. The molecule has 0 radical (unpaired) electrons. The fourth-order valence-electron chi connectivity index (χ4n) is 2.71. The highest BCUT2D eigenvalue weighted by Gasteiger charge is 2.36. The Morgan fingerprint density at radius 3 is 2.45 bits per heavy atom. The molecule has 0 saturated carbocycles. The van der Waals surface area contributed by atoms with Crippen LogP contribution in [0.2, 0.25) is 20.1 Å². The van der Waals surface area contributed by atoms with Crippen molar-refractivity contribution in [3.63, 3.8) is 0 Å². The molecule has 0 unspecified atom stereocenters. The van der Waals surface area contributed by atoms with E-state index < -0.39 is 11.1 Å². The maximum atomic E-state index is 12.8. The minimum atomic E-state index is -0.475. The van der Waals surface area contributed by atoms with Gasteiger partial charge in [-0.2, -0.15) is 0 Å². The predicted octanol–water partition coefficient (Wildman–Crippen LogP) is 7.80. The van der Waals surface area contributed by atoms with E-state index in [2.05, 4.69) is 0 Å². The normalized spacial score (nSPS) is 15.6. The quantitative estimate of drug-likeness (QED) is 0.356. The molecule has 4 rings (SSSR count). The van der Waals surface area contributed by atoms with Crippen molar-refractivity contribution >= 4 is 81.1 Å². The van der Waals surface area contributed by atoms with Gasteiger partial charge in [0.15, 0.2) is 0 Å². The molecule has 3 aromatic rings. The van der Waals surface area contributed by atoms with Crippen molar-refractivity contribution in [1.82, 2.24) is 0 Å². The van der Waals surface area contributed by atoms with Crippen LogP contribution in [0.1, 0.15) is 5.76 Å². The molecule has 1 aromatic heterocycles. The zero-order valence-corrected chi connectivity index (χ0v) is 18.1. The van der Waals surface area contributed by atoms with Crippen molar-refractivity contribution in [1.29, 1.82) is 0 Å². The third-order valence-electron chi connectivity index (χ3n) is 4.07. The molecule has 1 fully saturated rings. The summed E-state index contributed by atoms with van der Waals surface area (Å²) in [5.41, 5.74) is 0.971. The van der Waals surface area contributed by atoms with Gasteiger partial charge in [-0.1, -0.05) is 52.5 Å². The molecule has 0 atom stereocenters. The Balaban J connectivity index is 1.63. The summed E-state index contributed by atoms with van der Waals surface area (Å²) in [5.74, 6) is 0.417. The highest BCUT2D eigenvalue weighted by atomic mass is 35.5. The van der Waals surface area contributed by atoms with Gasteiger partial charge in [0.05, 0.1) is 30.7 Å². The fourth-order valence-corrected chi connectivity index (χ4v) is 4.22. The van der Waals surface area contributed by atoms with Gasteiger partial charge in [-0.15, -0.1) is 0 Å². The first-order valence-electron chi connectivity index (χ1n) is 8.12. The maximum absolute atomic E-state index is 12.8. The molecule has 2 heterocycles. The van der Waals surface area contributed by atoms with Gasteiger partial charge in [0, 0.05) is 11.6 Å². The molecule has 0 spiro atoms. The maximum Gasteiger partial charge on any atom is 0.298 e. The Morgan fingerprint density at radius 1 is 0.897 bits per heavy atom. The standard InChI is InChI=1S/C20H9Cl4NO3S/c21-13-6-4-10(8-15(13)23)25-19(26)17(29-20(25)27)9-11-5-7-16(28-11)12-2-1-3-14(22)18(12)24/h1-9H/b17-9-. The lowest BCUT2D eigenvalue weighted by atomic mass is 10.2. The number of hydrogen-bond donors (Lipinski definition) is 0. The number of carbonyl (C=O) groups is 2. The SMILES string of the molecule is O=C1S/C(=C\c2ccc(-c3cccc(Cl)c3Cl)o2)C(=O)N1c1ccc(Cl)c(Cl)c1. The van der Waals surface area contributed by atoms with Crippen LogP contribution in [0.3, 0.4) is 0 Å². The van der Waals surface area contributed by atoms with E-state index in [0.717, 1.165) is 16.7 Å². The second kappa shape index (κ2) is 8.09. The molecule has 4 nitrogen and oxygen atoms in total. The van der Waals surface area contributed by atoms with E-state index in [4.69, 9.17) is 50.8 Å². The second-order valence-corrected chi connectivity index (χ2v) is 8.51. The number of amides is 2. The number of carbonyl (C=O) groups excluding carboxylic acids is 2. The number of rotatable bonds is 3. The van der Waals surface area contributed by atoms with E-state index in [-0.39, 0.29) is 9.93 Å². The van der Waals surface area contributed by atoms with Crippen LogP contribution in [0.25, 0.3) is 17.4 Å². The van der Waals surface area contributed by atoms with Crippen LogP contribution in [-0.4, -0.2) is 11.1 Å². The average molecular weight is 485 g/mol. The van der Waals surface area contributed by atoms with E-state index >= 15 is 0 Å². The molecule has 2 aromatic carbocycles. The Bertz CT molecular complexity index is 1190. The number of furan rings is 1. The van der Waals surface area contributed by atoms with Crippen molar-refractivity contribution in [2.24, 2.45) is 0 Å². The lowest BCUT2D eigenvalue weighted by Gasteiger charge is -2.12. The van der Waals surface area contributed by atoms with Crippen molar-refractivity contribution in [3.05, 3.63) is 79.3 Å². The van der Waals surface area contributed by atoms with E-state index in [1.165, 1.54) is 18.2 Å². The summed E-state index contributed by atoms with van der Waals surface area (Å²) in [6, 6.07) is 13.2. The van der Waals surface area contributed by atoms with Crippen LogP contribution >= 0.6 is 58.2 Å². The molecule has 0 aliphatic carbocycles. The highest BCUT2D eigenvalue weighted by molar-refractivity contribution is 8.19. The number of imide groups is 1. The zero-order chi connectivity index (χ0) is 20.7. The number of benzene rings is 2.